The van der Waals surface area contributed by atoms with Crippen LogP contribution in [0.2, 0.25) is 0 Å². The summed E-state index contributed by atoms with van der Waals surface area (Å²) in [6.45, 7) is 6.82. The molecule has 2 aliphatic rings. The molecule has 1 aromatic carbocycles. The molecule has 0 spiro atoms. The molecule has 1 aliphatic heterocycles. The van der Waals surface area contributed by atoms with Gasteiger partial charge in [-0.2, -0.15) is 0 Å². The van der Waals surface area contributed by atoms with Crippen molar-refractivity contribution in [3.63, 3.8) is 0 Å². The lowest BCUT2D eigenvalue weighted by atomic mass is 9.93. The Morgan fingerprint density at radius 1 is 1.32 bits per heavy atom. The third-order valence-electron chi connectivity index (χ3n) is 4.62. The highest BCUT2D eigenvalue weighted by molar-refractivity contribution is 5.16. The molecule has 1 N–H and O–H groups in total. The SMILES string of the molecule is CC1(C2CC2)CN(CCc2ccc(F)cc2)CCN1. The summed E-state index contributed by atoms with van der Waals surface area (Å²) in [5, 5.41) is 3.70. The van der Waals surface area contributed by atoms with Crippen LogP contribution in [0.4, 0.5) is 4.39 Å². The predicted molar refractivity (Wildman–Crippen MR) is 75.7 cm³/mol. The Morgan fingerprint density at radius 3 is 2.74 bits per heavy atom. The maximum Gasteiger partial charge on any atom is 0.123 e. The largest absolute Gasteiger partial charge is 0.309 e. The molecule has 1 saturated carbocycles. The number of nitrogens with one attached hydrogen (secondary N) is 1. The molecule has 1 aromatic rings. The summed E-state index contributed by atoms with van der Waals surface area (Å²) in [5.74, 6) is 0.730. The van der Waals surface area contributed by atoms with Gasteiger partial charge in [-0.3, -0.25) is 4.90 Å². The highest BCUT2D eigenvalue weighted by Gasteiger charge is 2.43. The summed E-state index contributed by atoms with van der Waals surface area (Å²) in [4.78, 5) is 2.55. The first kappa shape index (κ1) is 13.1. The van der Waals surface area contributed by atoms with Gasteiger partial charge in [0.1, 0.15) is 5.82 Å². The maximum atomic E-state index is 12.9. The van der Waals surface area contributed by atoms with Gasteiger partial charge in [0.15, 0.2) is 0 Å². The van der Waals surface area contributed by atoms with Crippen LogP contribution in [0.3, 0.4) is 0 Å². The lowest BCUT2D eigenvalue weighted by molar-refractivity contribution is 0.128. The molecule has 1 aliphatic carbocycles. The van der Waals surface area contributed by atoms with Crippen molar-refractivity contribution in [2.75, 3.05) is 26.2 Å². The average molecular weight is 262 g/mol. The minimum absolute atomic E-state index is 0.146. The molecule has 1 heterocycles. The van der Waals surface area contributed by atoms with E-state index < -0.39 is 0 Å². The van der Waals surface area contributed by atoms with Gasteiger partial charge in [-0.1, -0.05) is 12.1 Å². The molecule has 3 heteroatoms. The van der Waals surface area contributed by atoms with Gasteiger partial charge >= 0.3 is 0 Å². The van der Waals surface area contributed by atoms with Gasteiger partial charge in [0.05, 0.1) is 0 Å². The van der Waals surface area contributed by atoms with Gasteiger partial charge < -0.3 is 5.32 Å². The number of hydrogen-bond donors (Lipinski definition) is 1. The molecule has 1 unspecified atom stereocenters. The van der Waals surface area contributed by atoms with E-state index in [9.17, 15) is 4.39 Å². The molecule has 2 nitrogen and oxygen atoms in total. The zero-order valence-corrected chi connectivity index (χ0v) is 11.7. The van der Waals surface area contributed by atoms with Crippen LogP contribution in [0.15, 0.2) is 24.3 Å². The van der Waals surface area contributed by atoms with Crippen molar-refractivity contribution in [1.82, 2.24) is 10.2 Å². The number of halogens is 1. The van der Waals surface area contributed by atoms with Gasteiger partial charge in [-0.25, -0.2) is 4.39 Å². The minimum Gasteiger partial charge on any atom is -0.309 e. The molecule has 0 amide bonds. The van der Waals surface area contributed by atoms with Crippen LogP contribution in [0.25, 0.3) is 0 Å². The Balaban J connectivity index is 1.53. The maximum absolute atomic E-state index is 12.9. The van der Waals surface area contributed by atoms with E-state index in [0.29, 0.717) is 5.54 Å². The standard InChI is InChI=1S/C16H23FN2/c1-16(14-4-5-14)12-19(11-9-18-16)10-8-13-2-6-15(17)7-3-13/h2-3,6-7,14,18H,4-5,8-12H2,1H3. The Labute approximate surface area is 115 Å². The minimum atomic E-state index is -0.146. The van der Waals surface area contributed by atoms with Crippen LogP contribution in [-0.2, 0) is 6.42 Å². The molecule has 19 heavy (non-hydrogen) atoms. The number of hydrogen-bond acceptors (Lipinski definition) is 2. The van der Waals surface area contributed by atoms with E-state index in [0.717, 1.165) is 38.5 Å². The van der Waals surface area contributed by atoms with E-state index in [2.05, 4.69) is 17.1 Å². The summed E-state index contributed by atoms with van der Waals surface area (Å²) in [5.41, 5.74) is 1.55. The highest BCUT2D eigenvalue weighted by Crippen LogP contribution is 2.40. The topological polar surface area (TPSA) is 15.3 Å². The van der Waals surface area contributed by atoms with Crippen molar-refractivity contribution in [3.8, 4) is 0 Å². The molecule has 0 bridgehead atoms. The Kier molecular flexibility index (Phi) is 3.59. The molecule has 1 saturated heterocycles. The van der Waals surface area contributed by atoms with Crippen LogP contribution in [0.5, 0.6) is 0 Å². The fraction of sp³-hybridized carbons (Fsp3) is 0.625. The zero-order valence-electron chi connectivity index (χ0n) is 11.7. The van der Waals surface area contributed by atoms with Crippen molar-refractivity contribution in [1.29, 1.82) is 0 Å². The first-order valence-electron chi connectivity index (χ1n) is 7.37. The number of rotatable bonds is 4. The Bertz CT molecular complexity index is 427. The van der Waals surface area contributed by atoms with Crippen molar-refractivity contribution >= 4 is 0 Å². The van der Waals surface area contributed by atoms with Crippen molar-refractivity contribution in [2.45, 2.75) is 31.7 Å². The quantitative estimate of drug-likeness (QED) is 0.896. The molecule has 3 rings (SSSR count). The Hall–Kier alpha value is -0.930. The van der Waals surface area contributed by atoms with Crippen LogP contribution < -0.4 is 5.32 Å². The third kappa shape index (κ3) is 3.15. The average Bonchev–Trinajstić information content (AvgIpc) is 3.23. The molecule has 0 aromatic heterocycles. The first-order chi connectivity index (χ1) is 9.16. The third-order valence-corrected chi connectivity index (χ3v) is 4.62. The van der Waals surface area contributed by atoms with Crippen molar-refractivity contribution in [3.05, 3.63) is 35.6 Å². The summed E-state index contributed by atoms with van der Waals surface area (Å²) in [6, 6.07) is 6.91. The molecule has 2 fully saturated rings. The number of piperazine rings is 1. The van der Waals surface area contributed by atoms with E-state index in [1.807, 2.05) is 12.1 Å². The van der Waals surface area contributed by atoms with E-state index in [-0.39, 0.29) is 5.82 Å². The van der Waals surface area contributed by atoms with Crippen LogP contribution >= 0.6 is 0 Å². The second-order valence-electron chi connectivity index (χ2n) is 6.27. The van der Waals surface area contributed by atoms with E-state index in [4.69, 9.17) is 0 Å². The van der Waals surface area contributed by atoms with Gasteiger partial charge in [0, 0.05) is 31.7 Å². The second-order valence-corrected chi connectivity index (χ2v) is 6.27. The molecule has 0 radical (unpaired) electrons. The van der Waals surface area contributed by atoms with Gasteiger partial charge in [-0.15, -0.1) is 0 Å². The summed E-state index contributed by atoms with van der Waals surface area (Å²) >= 11 is 0. The molecular formula is C16H23FN2. The number of nitrogens with zero attached hydrogens (tertiary/aromatic N) is 1. The van der Waals surface area contributed by atoms with Crippen molar-refractivity contribution < 1.29 is 4.39 Å². The fourth-order valence-electron chi connectivity index (χ4n) is 3.22. The number of benzene rings is 1. The Morgan fingerprint density at radius 2 is 2.05 bits per heavy atom. The van der Waals surface area contributed by atoms with Crippen LogP contribution in [0, 0.1) is 11.7 Å². The monoisotopic (exact) mass is 262 g/mol. The summed E-state index contributed by atoms with van der Waals surface area (Å²) in [7, 11) is 0. The molecular weight excluding hydrogens is 239 g/mol. The van der Waals surface area contributed by atoms with E-state index in [1.165, 1.54) is 18.4 Å². The second kappa shape index (κ2) is 5.22. The van der Waals surface area contributed by atoms with Crippen LogP contribution in [0.1, 0.15) is 25.3 Å². The smallest absolute Gasteiger partial charge is 0.123 e. The van der Waals surface area contributed by atoms with Crippen LogP contribution in [-0.4, -0.2) is 36.6 Å². The fourth-order valence-corrected chi connectivity index (χ4v) is 3.22. The lowest BCUT2D eigenvalue weighted by Gasteiger charge is -2.42. The normalized spacial score (nSPS) is 28.5. The lowest BCUT2D eigenvalue weighted by Crippen LogP contribution is -2.60. The summed E-state index contributed by atoms with van der Waals surface area (Å²) in [6.07, 6.45) is 3.78. The van der Waals surface area contributed by atoms with Gasteiger partial charge in [0.2, 0.25) is 0 Å². The van der Waals surface area contributed by atoms with Gasteiger partial charge in [0.25, 0.3) is 0 Å². The molecule has 104 valence electrons. The molecule has 1 atom stereocenters. The van der Waals surface area contributed by atoms with Gasteiger partial charge in [-0.05, 0) is 49.8 Å². The predicted octanol–water partition coefficient (Wildman–Crippen LogP) is 2.44. The van der Waals surface area contributed by atoms with Crippen molar-refractivity contribution in [2.24, 2.45) is 5.92 Å². The van der Waals surface area contributed by atoms with E-state index in [1.54, 1.807) is 12.1 Å². The van der Waals surface area contributed by atoms with E-state index >= 15 is 0 Å². The highest BCUT2D eigenvalue weighted by atomic mass is 19.1. The zero-order chi connectivity index (χ0) is 13.3. The summed E-state index contributed by atoms with van der Waals surface area (Å²) < 4.78 is 12.9. The first-order valence-corrected chi connectivity index (χ1v) is 7.37.